The Labute approximate surface area is 172 Å². The number of sulfonamides is 2. The number of anilines is 1. The van der Waals surface area contributed by atoms with Gasteiger partial charge in [0.05, 0.1) is 16.3 Å². The van der Waals surface area contributed by atoms with Crippen molar-refractivity contribution in [3.63, 3.8) is 0 Å². The second-order valence-corrected chi connectivity index (χ2v) is 10.4. The Balaban J connectivity index is 1.89. The molecule has 0 aliphatic carbocycles. The lowest BCUT2D eigenvalue weighted by atomic mass is 10.2. The summed E-state index contributed by atoms with van der Waals surface area (Å²) in [4.78, 5) is 12.4. The number of benzene rings is 2. The molecule has 0 saturated carbocycles. The van der Waals surface area contributed by atoms with Gasteiger partial charge in [-0.1, -0.05) is 17.7 Å². The van der Waals surface area contributed by atoms with Gasteiger partial charge in [0.2, 0.25) is 20.0 Å². The molecule has 0 aliphatic rings. The Hall–Kier alpha value is -2.43. The maximum Gasteiger partial charge on any atom is 0.251 e. The number of nitrogens with one attached hydrogen (secondary N) is 2. The van der Waals surface area contributed by atoms with Crippen molar-refractivity contribution in [3.05, 3.63) is 59.7 Å². The highest BCUT2D eigenvalue weighted by molar-refractivity contribution is 7.92. The number of aryl methyl sites for hydroxylation is 1. The Bertz CT molecular complexity index is 1050. The minimum absolute atomic E-state index is 0.0236. The van der Waals surface area contributed by atoms with E-state index in [1.54, 1.807) is 31.2 Å². The summed E-state index contributed by atoms with van der Waals surface area (Å²) in [5, 5.41) is 2.62. The molecular weight excluding hydrogens is 414 g/mol. The van der Waals surface area contributed by atoms with Crippen LogP contribution in [-0.4, -0.2) is 48.6 Å². The van der Waals surface area contributed by atoms with Gasteiger partial charge in [0.1, 0.15) is 0 Å². The van der Waals surface area contributed by atoms with Crippen LogP contribution in [0.1, 0.15) is 22.8 Å². The van der Waals surface area contributed by atoms with E-state index in [-0.39, 0.29) is 29.6 Å². The molecular formula is C19H25N3O5S2. The predicted octanol–water partition coefficient (Wildman–Crippen LogP) is 1.49. The molecule has 2 aromatic rings. The molecule has 0 aromatic heterocycles. The third kappa shape index (κ3) is 6.02. The van der Waals surface area contributed by atoms with Crippen LogP contribution in [0.4, 0.5) is 5.69 Å². The van der Waals surface area contributed by atoms with Crippen molar-refractivity contribution in [2.75, 3.05) is 30.2 Å². The van der Waals surface area contributed by atoms with Crippen molar-refractivity contribution >= 4 is 31.6 Å². The smallest absolute Gasteiger partial charge is 0.251 e. The minimum Gasteiger partial charge on any atom is -0.351 e. The van der Waals surface area contributed by atoms with Gasteiger partial charge in [0.15, 0.2) is 0 Å². The zero-order valence-corrected chi connectivity index (χ0v) is 18.2. The first-order chi connectivity index (χ1) is 13.6. The highest BCUT2D eigenvalue weighted by atomic mass is 32.2. The zero-order chi connectivity index (χ0) is 21.7. The number of hydrogen-bond donors (Lipinski definition) is 2. The van der Waals surface area contributed by atoms with Crippen molar-refractivity contribution < 1.29 is 21.6 Å². The molecule has 0 atom stereocenters. The second-order valence-electron chi connectivity index (χ2n) is 6.38. The van der Waals surface area contributed by atoms with E-state index >= 15 is 0 Å². The van der Waals surface area contributed by atoms with Crippen molar-refractivity contribution in [3.8, 4) is 0 Å². The molecule has 0 aliphatic heterocycles. The molecule has 2 N–H and O–H groups in total. The first kappa shape index (κ1) is 22.9. The molecule has 1 amide bonds. The van der Waals surface area contributed by atoms with Gasteiger partial charge < -0.3 is 5.32 Å². The lowest BCUT2D eigenvalue weighted by Crippen LogP contribution is -2.34. The average molecular weight is 440 g/mol. The lowest BCUT2D eigenvalue weighted by molar-refractivity contribution is 0.0954. The molecule has 29 heavy (non-hydrogen) atoms. The fraction of sp³-hybridized carbons (Fsp3) is 0.316. The Morgan fingerprint density at radius 3 is 2.07 bits per heavy atom. The molecule has 0 unspecified atom stereocenters. The van der Waals surface area contributed by atoms with Gasteiger partial charge in [-0.3, -0.25) is 9.10 Å². The molecule has 2 rings (SSSR count). The minimum atomic E-state index is -3.64. The van der Waals surface area contributed by atoms with E-state index in [0.29, 0.717) is 11.3 Å². The van der Waals surface area contributed by atoms with Crippen molar-refractivity contribution in [1.82, 2.24) is 10.0 Å². The first-order valence-electron chi connectivity index (χ1n) is 8.98. The third-order valence-corrected chi connectivity index (χ3v) is 7.56. The predicted molar refractivity (Wildman–Crippen MR) is 113 cm³/mol. The Morgan fingerprint density at radius 2 is 1.52 bits per heavy atom. The molecule has 0 saturated heterocycles. The fourth-order valence-electron chi connectivity index (χ4n) is 2.44. The van der Waals surface area contributed by atoms with Crippen molar-refractivity contribution in [2.45, 2.75) is 18.7 Å². The highest BCUT2D eigenvalue weighted by Gasteiger charge is 2.16. The molecule has 158 valence electrons. The van der Waals surface area contributed by atoms with Crippen LogP contribution in [0.15, 0.2) is 53.4 Å². The van der Waals surface area contributed by atoms with Gasteiger partial charge in [-0.05, 0) is 50.2 Å². The molecule has 0 bridgehead atoms. The van der Waals surface area contributed by atoms with E-state index in [1.807, 2.05) is 6.92 Å². The SMILES string of the molecule is CCS(=O)(=O)N(C)c1ccc(C(=O)NCCNS(=O)(=O)c2ccc(C)cc2)cc1. The Morgan fingerprint density at radius 1 is 0.931 bits per heavy atom. The second kappa shape index (κ2) is 9.38. The van der Waals surface area contributed by atoms with Crippen LogP contribution in [0.5, 0.6) is 0 Å². The summed E-state index contributed by atoms with van der Waals surface area (Å²) >= 11 is 0. The van der Waals surface area contributed by atoms with Crippen LogP contribution in [0, 0.1) is 6.92 Å². The highest BCUT2D eigenvalue weighted by Crippen LogP contribution is 2.17. The summed E-state index contributed by atoms with van der Waals surface area (Å²) in [6.45, 7) is 3.57. The number of carbonyl (C=O) groups is 1. The summed E-state index contributed by atoms with van der Waals surface area (Å²) in [5.41, 5.74) is 1.76. The van der Waals surface area contributed by atoms with Crippen LogP contribution in [-0.2, 0) is 20.0 Å². The molecule has 8 nitrogen and oxygen atoms in total. The summed E-state index contributed by atoms with van der Waals surface area (Å²) in [6, 6.07) is 12.6. The molecule has 0 fully saturated rings. The number of carbonyl (C=O) groups excluding carboxylic acids is 1. The van der Waals surface area contributed by atoms with Crippen molar-refractivity contribution in [1.29, 1.82) is 0 Å². The first-order valence-corrected chi connectivity index (χ1v) is 12.1. The summed E-state index contributed by atoms with van der Waals surface area (Å²) < 4.78 is 51.7. The maximum atomic E-state index is 12.2. The normalized spacial score (nSPS) is 11.8. The van der Waals surface area contributed by atoms with Crippen molar-refractivity contribution in [2.24, 2.45) is 0 Å². The van der Waals surface area contributed by atoms with Crippen LogP contribution in [0.25, 0.3) is 0 Å². The van der Waals surface area contributed by atoms with Crippen LogP contribution in [0.2, 0.25) is 0 Å². The third-order valence-electron chi connectivity index (χ3n) is 4.31. The number of hydrogen-bond acceptors (Lipinski definition) is 5. The summed E-state index contributed by atoms with van der Waals surface area (Å²) in [6.07, 6.45) is 0. The van der Waals surface area contributed by atoms with E-state index < -0.39 is 20.0 Å². The number of nitrogens with zero attached hydrogens (tertiary/aromatic N) is 1. The molecule has 10 heteroatoms. The molecule has 2 aromatic carbocycles. The van der Waals surface area contributed by atoms with E-state index in [1.165, 1.54) is 31.3 Å². The van der Waals surface area contributed by atoms with Crippen LogP contribution < -0.4 is 14.3 Å². The number of rotatable bonds is 9. The largest absolute Gasteiger partial charge is 0.351 e. The molecule has 0 spiro atoms. The monoisotopic (exact) mass is 439 g/mol. The quantitative estimate of drug-likeness (QED) is 0.575. The van der Waals surface area contributed by atoms with Crippen LogP contribution >= 0.6 is 0 Å². The van der Waals surface area contributed by atoms with Gasteiger partial charge in [0.25, 0.3) is 5.91 Å². The van der Waals surface area contributed by atoms with Gasteiger partial charge >= 0.3 is 0 Å². The standard InChI is InChI=1S/C19H25N3O5S2/c1-4-28(24,25)22(3)17-9-7-16(8-10-17)19(23)20-13-14-21-29(26,27)18-11-5-15(2)6-12-18/h5-12,21H,4,13-14H2,1-3H3,(H,20,23). The van der Waals surface area contributed by atoms with Gasteiger partial charge in [-0.25, -0.2) is 21.6 Å². The zero-order valence-electron chi connectivity index (χ0n) is 16.5. The van der Waals surface area contributed by atoms with E-state index in [2.05, 4.69) is 10.0 Å². The van der Waals surface area contributed by atoms with Gasteiger partial charge in [0, 0.05) is 25.7 Å². The van der Waals surface area contributed by atoms with Gasteiger partial charge in [-0.2, -0.15) is 0 Å². The van der Waals surface area contributed by atoms with E-state index in [4.69, 9.17) is 0 Å². The fourth-order valence-corrected chi connectivity index (χ4v) is 4.30. The molecule has 0 heterocycles. The maximum absolute atomic E-state index is 12.2. The Kier molecular flexibility index (Phi) is 7.39. The van der Waals surface area contributed by atoms with Crippen LogP contribution in [0.3, 0.4) is 0 Å². The average Bonchev–Trinajstić information content (AvgIpc) is 2.71. The summed E-state index contributed by atoms with van der Waals surface area (Å²) in [5.74, 6) is -0.406. The lowest BCUT2D eigenvalue weighted by Gasteiger charge is -2.18. The van der Waals surface area contributed by atoms with E-state index in [0.717, 1.165) is 9.87 Å². The molecule has 0 radical (unpaired) electrons. The van der Waals surface area contributed by atoms with E-state index in [9.17, 15) is 21.6 Å². The topological polar surface area (TPSA) is 113 Å². The van der Waals surface area contributed by atoms with Gasteiger partial charge in [-0.15, -0.1) is 0 Å². The summed E-state index contributed by atoms with van der Waals surface area (Å²) in [7, 11) is -5.56. The number of amides is 1.